The van der Waals surface area contributed by atoms with E-state index in [4.69, 9.17) is 0 Å². The van der Waals surface area contributed by atoms with E-state index in [2.05, 4.69) is 43.4 Å². The highest BCUT2D eigenvalue weighted by molar-refractivity contribution is 7.99. The zero-order valence-corrected chi connectivity index (χ0v) is 13.5. The molecule has 2 atom stereocenters. The number of rotatable bonds is 5. The summed E-state index contributed by atoms with van der Waals surface area (Å²) in [6.45, 7) is 4.31. The normalized spacial score (nSPS) is 25.6. The van der Waals surface area contributed by atoms with Gasteiger partial charge in [0.25, 0.3) is 0 Å². The molecule has 0 amide bonds. The van der Waals surface area contributed by atoms with E-state index in [1.54, 1.807) is 0 Å². The quantitative estimate of drug-likeness (QED) is 0.830. The first-order chi connectivity index (χ1) is 9.61. The Bertz CT molecular complexity index is 506. The van der Waals surface area contributed by atoms with E-state index < -0.39 is 0 Å². The van der Waals surface area contributed by atoms with Crippen molar-refractivity contribution in [2.75, 3.05) is 12.8 Å². The number of thioether (sulfide) groups is 1. The van der Waals surface area contributed by atoms with E-state index in [1.165, 1.54) is 28.9 Å². The van der Waals surface area contributed by atoms with E-state index >= 15 is 0 Å². The van der Waals surface area contributed by atoms with Crippen LogP contribution in [0.4, 0.5) is 0 Å². The fraction of sp³-hybridized carbons (Fsp3) is 0.588. The van der Waals surface area contributed by atoms with Gasteiger partial charge in [0.1, 0.15) is 5.54 Å². The Morgan fingerprint density at radius 2 is 2.20 bits per heavy atom. The van der Waals surface area contributed by atoms with Crippen molar-refractivity contribution in [2.24, 2.45) is 5.92 Å². The molecular weight excluding hydrogens is 264 g/mol. The van der Waals surface area contributed by atoms with Gasteiger partial charge in [0.15, 0.2) is 0 Å². The maximum atomic E-state index is 9.45. The van der Waals surface area contributed by atoms with Crippen LogP contribution in [0, 0.1) is 31.1 Å². The van der Waals surface area contributed by atoms with Crippen LogP contribution in [0.2, 0.25) is 0 Å². The second kappa shape index (κ2) is 6.65. The first-order valence-corrected chi connectivity index (χ1v) is 8.40. The highest BCUT2D eigenvalue weighted by Gasteiger charge is 2.41. The molecule has 0 saturated heterocycles. The number of hydrogen-bond donors (Lipinski definition) is 1. The standard InChI is InChI=1S/C17H24N2S/c1-13-6-7-16(11-14(13)2)20-10-8-15-5-4-9-17(15,12-18)19-3/h6-7,11,15,19H,4-5,8-10H2,1-3H3. The number of nitrogens with one attached hydrogen (secondary N) is 1. The van der Waals surface area contributed by atoms with E-state index in [0.717, 1.165) is 18.6 Å². The summed E-state index contributed by atoms with van der Waals surface area (Å²) in [5.74, 6) is 1.59. The van der Waals surface area contributed by atoms with Crippen LogP contribution in [-0.2, 0) is 0 Å². The molecule has 2 unspecified atom stereocenters. The van der Waals surface area contributed by atoms with E-state index in [9.17, 15) is 5.26 Å². The van der Waals surface area contributed by atoms with Crippen LogP contribution >= 0.6 is 11.8 Å². The molecule has 0 aliphatic heterocycles. The van der Waals surface area contributed by atoms with Gasteiger partial charge < -0.3 is 5.32 Å². The molecule has 1 N–H and O–H groups in total. The van der Waals surface area contributed by atoms with Crippen LogP contribution in [0.3, 0.4) is 0 Å². The van der Waals surface area contributed by atoms with Crippen molar-refractivity contribution in [1.82, 2.24) is 5.32 Å². The lowest BCUT2D eigenvalue weighted by molar-refractivity contribution is 0.332. The Labute approximate surface area is 127 Å². The molecule has 0 bridgehead atoms. The van der Waals surface area contributed by atoms with Crippen molar-refractivity contribution in [2.45, 2.75) is 50.0 Å². The second-order valence-electron chi connectivity index (χ2n) is 5.81. The predicted octanol–water partition coefficient (Wildman–Crippen LogP) is 4.07. The Hall–Kier alpha value is -0.980. The minimum atomic E-state index is -0.274. The fourth-order valence-electron chi connectivity index (χ4n) is 3.12. The molecule has 1 fully saturated rings. The molecule has 1 aromatic carbocycles. The third-order valence-electron chi connectivity index (χ3n) is 4.68. The summed E-state index contributed by atoms with van der Waals surface area (Å²) in [6.07, 6.45) is 4.47. The first-order valence-electron chi connectivity index (χ1n) is 7.41. The second-order valence-corrected chi connectivity index (χ2v) is 6.97. The summed E-state index contributed by atoms with van der Waals surface area (Å²) in [7, 11) is 1.93. The minimum Gasteiger partial charge on any atom is -0.302 e. The van der Waals surface area contributed by atoms with Crippen LogP contribution in [0.25, 0.3) is 0 Å². The summed E-state index contributed by atoms with van der Waals surface area (Å²) < 4.78 is 0. The van der Waals surface area contributed by atoms with Gasteiger partial charge in [-0.1, -0.05) is 12.5 Å². The third-order valence-corrected chi connectivity index (χ3v) is 5.71. The van der Waals surface area contributed by atoms with Crippen LogP contribution in [0.15, 0.2) is 23.1 Å². The van der Waals surface area contributed by atoms with Gasteiger partial charge in [0.05, 0.1) is 6.07 Å². The highest BCUT2D eigenvalue weighted by Crippen LogP contribution is 2.38. The van der Waals surface area contributed by atoms with Crippen molar-refractivity contribution >= 4 is 11.8 Å². The lowest BCUT2D eigenvalue weighted by atomic mass is 9.87. The van der Waals surface area contributed by atoms with Gasteiger partial charge in [-0.3, -0.25) is 0 Å². The zero-order chi connectivity index (χ0) is 14.6. The molecule has 3 heteroatoms. The molecule has 0 radical (unpaired) electrons. The molecule has 0 aromatic heterocycles. The van der Waals surface area contributed by atoms with Gasteiger partial charge in [-0.25, -0.2) is 0 Å². The minimum absolute atomic E-state index is 0.274. The maximum Gasteiger partial charge on any atom is 0.109 e. The Balaban J connectivity index is 1.89. The molecular formula is C17H24N2S. The summed E-state index contributed by atoms with van der Waals surface area (Å²) in [6, 6.07) is 9.19. The predicted molar refractivity (Wildman–Crippen MR) is 86.0 cm³/mol. The molecule has 1 saturated carbocycles. The number of nitriles is 1. The van der Waals surface area contributed by atoms with Crippen LogP contribution < -0.4 is 5.32 Å². The van der Waals surface area contributed by atoms with Crippen LogP contribution in [-0.4, -0.2) is 18.3 Å². The molecule has 2 rings (SSSR count). The van der Waals surface area contributed by atoms with Gasteiger partial charge in [-0.2, -0.15) is 5.26 Å². The Kier molecular flexibility index (Phi) is 5.12. The molecule has 108 valence electrons. The Morgan fingerprint density at radius 3 is 2.85 bits per heavy atom. The summed E-state index contributed by atoms with van der Waals surface area (Å²) >= 11 is 1.91. The fourth-order valence-corrected chi connectivity index (χ4v) is 4.19. The van der Waals surface area contributed by atoms with Gasteiger partial charge in [-0.05, 0) is 75.1 Å². The lowest BCUT2D eigenvalue weighted by Gasteiger charge is -2.28. The van der Waals surface area contributed by atoms with Gasteiger partial charge in [-0.15, -0.1) is 11.8 Å². The largest absolute Gasteiger partial charge is 0.302 e. The van der Waals surface area contributed by atoms with Crippen molar-refractivity contribution in [3.05, 3.63) is 29.3 Å². The zero-order valence-electron chi connectivity index (χ0n) is 12.7. The van der Waals surface area contributed by atoms with Gasteiger partial charge >= 0.3 is 0 Å². The molecule has 0 heterocycles. The summed E-state index contributed by atoms with van der Waals surface area (Å²) in [5.41, 5.74) is 2.44. The summed E-state index contributed by atoms with van der Waals surface area (Å²) in [5, 5.41) is 12.7. The third kappa shape index (κ3) is 3.19. The van der Waals surface area contributed by atoms with Crippen molar-refractivity contribution < 1.29 is 0 Å². The number of benzene rings is 1. The van der Waals surface area contributed by atoms with E-state index in [-0.39, 0.29) is 5.54 Å². The van der Waals surface area contributed by atoms with E-state index in [1.807, 2.05) is 18.8 Å². The monoisotopic (exact) mass is 288 g/mol. The molecule has 1 aliphatic rings. The molecule has 20 heavy (non-hydrogen) atoms. The SMILES string of the molecule is CNC1(C#N)CCCC1CCSc1ccc(C)c(C)c1. The molecule has 1 aromatic rings. The van der Waals surface area contributed by atoms with Gasteiger partial charge in [0.2, 0.25) is 0 Å². The smallest absolute Gasteiger partial charge is 0.109 e. The lowest BCUT2D eigenvalue weighted by Crippen LogP contribution is -2.44. The molecule has 0 spiro atoms. The Morgan fingerprint density at radius 1 is 1.40 bits per heavy atom. The van der Waals surface area contributed by atoms with Crippen molar-refractivity contribution in [1.29, 1.82) is 5.26 Å². The summed E-state index contributed by atoms with van der Waals surface area (Å²) in [4.78, 5) is 1.35. The maximum absolute atomic E-state index is 9.45. The first kappa shape index (κ1) is 15.4. The highest BCUT2D eigenvalue weighted by atomic mass is 32.2. The van der Waals surface area contributed by atoms with Crippen molar-refractivity contribution in [3.63, 3.8) is 0 Å². The number of aryl methyl sites for hydroxylation is 2. The number of hydrogen-bond acceptors (Lipinski definition) is 3. The topological polar surface area (TPSA) is 35.8 Å². The average Bonchev–Trinajstić information content (AvgIpc) is 2.86. The van der Waals surface area contributed by atoms with Crippen LogP contribution in [0.1, 0.15) is 36.8 Å². The van der Waals surface area contributed by atoms with Crippen LogP contribution in [0.5, 0.6) is 0 Å². The molecule has 2 nitrogen and oxygen atoms in total. The molecule has 1 aliphatic carbocycles. The number of nitrogens with zero attached hydrogens (tertiary/aromatic N) is 1. The van der Waals surface area contributed by atoms with Crippen molar-refractivity contribution in [3.8, 4) is 6.07 Å². The van der Waals surface area contributed by atoms with Gasteiger partial charge in [0, 0.05) is 4.90 Å². The van der Waals surface area contributed by atoms with E-state index in [0.29, 0.717) is 5.92 Å². The average molecular weight is 288 g/mol.